The van der Waals surface area contributed by atoms with Crippen molar-refractivity contribution in [2.45, 2.75) is 19.9 Å². The number of anilines is 2. The maximum atomic E-state index is 4.65. The molecule has 140 valence electrons. The Morgan fingerprint density at radius 3 is 2.96 bits per heavy atom. The number of likely N-dealkylation sites (N-methyl/N-ethyl adjacent to an activating group) is 1. The topological polar surface area (TPSA) is 87.4 Å². The maximum Gasteiger partial charge on any atom is 0.178 e. The van der Waals surface area contributed by atoms with Crippen molar-refractivity contribution < 1.29 is 0 Å². The molecule has 1 saturated heterocycles. The predicted octanol–water partition coefficient (Wildman–Crippen LogP) is 0.759. The third kappa shape index (κ3) is 2.97. The van der Waals surface area contributed by atoms with E-state index in [4.69, 9.17) is 0 Å². The predicted molar refractivity (Wildman–Crippen MR) is 102 cm³/mol. The zero-order chi connectivity index (χ0) is 18.4. The van der Waals surface area contributed by atoms with E-state index >= 15 is 0 Å². The lowest BCUT2D eigenvalue weighted by Gasteiger charge is -2.40. The Labute approximate surface area is 157 Å². The molecule has 1 N–H and O–H groups in total. The Hall–Kier alpha value is -2.81. The molecule has 0 bridgehead atoms. The minimum Gasteiger partial charge on any atom is -0.369 e. The van der Waals surface area contributed by atoms with Crippen molar-refractivity contribution in [3.05, 3.63) is 35.5 Å². The summed E-state index contributed by atoms with van der Waals surface area (Å²) in [6.07, 6.45) is 2.68. The lowest BCUT2D eigenvalue weighted by Crippen LogP contribution is -2.50. The largest absolute Gasteiger partial charge is 0.369 e. The van der Waals surface area contributed by atoms with E-state index in [1.807, 2.05) is 19.1 Å². The summed E-state index contributed by atoms with van der Waals surface area (Å²) < 4.78 is 1.80. The van der Waals surface area contributed by atoms with Crippen molar-refractivity contribution in [2.75, 3.05) is 43.4 Å². The molecule has 0 atom stereocenters. The lowest BCUT2D eigenvalue weighted by atomic mass is 10.00. The summed E-state index contributed by atoms with van der Waals surface area (Å²) in [5.41, 5.74) is 3.22. The lowest BCUT2D eigenvalue weighted by molar-refractivity contribution is 0.309. The van der Waals surface area contributed by atoms with Crippen LogP contribution >= 0.6 is 0 Å². The highest BCUT2D eigenvalue weighted by Gasteiger charge is 2.28. The Balaban J connectivity index is 1.22. The van der Waals surface area contributed by atoms with Crippen molar-refractivity contribution in [1.82, 2.24) is 34.7 Å². The van der Waals surface area contributed by atoms with Crippen LogP contribution in [0.4, 0.5) is 11.6 Å². The molecule has 5 rings (SSSR count). The van der Waals surface area contributed by atoms with E-state index in [2.05, 4.69) is 47.4 Å². The van der Waals surface area contributed by atoms with Gasteiger partial charge in [-0.05, 0) is 26.1 Å². The van der Waals surface area contributed by atoms with E-state index in [1.54, 1.807) is 10.8 Å². The molecule has 2 aliphatic heterocycles. The smallest absolute Gasteiger partial charge is 0.178 e. The van der Waals surface area contributed by atoms with Crippen LogP contribution in [0.1, 0.15) is 17.1 Å². The van der Waals surface area contributed by atoms with Gasteiger partial charge >= 0.3 is 0 Å². The van der Waals surface area contributed by atoms with Crippen molar-refractivity contribution in [3.8, 4) is 0 Å². The van der Waals surface area contributed by atoms with Crippen molar-refractivity contribution in [2.24, 2.45) is 5.92 Å². The van der Waals surface area contributed by atoms with Gasteiger partial charge in [0.05, 0.1) is 5.69 Å². The van der Waals surface area contributed by atoms with Crippen LogP contribution in [-0.4, -0.2) is 67.9 Å². The molecule has 0 unspecified atom stereocenters. The van der Waals surface area contributed by atoms with Crippen LogP contribution in [0.25, 0.3) is 5.65 Å². The zero-order valence-corrected chi connectivity index (χ0v) is 15.6. The van der Waals surface area contributed by atoms with Gasteiger partial charge in [-0.15, -0.1) is 15.3 Å². The van der Waals surface area contributed by atoms with E-state index in [0.29, 0.717) is 5.92 Å². The van der Waals surface area contributed by atoms with Crippen molar-refractivity contribution in [3.63, 3.8) is 0 Å². The fourth-order valence-electron chi connectivity index (χ4n) is 3.81. The molecule has 1 fully saturated rings. The Bertz CT molecular complexity index is 976. The number of nitrogens with zero attached hydrogens (tertiary/aromatic N) is 8. The molecule has 9 nitrogen and oxygen atoms in total. The Morgan fingerprint density at radius 1 is 1.19 bits per heavy atom. The quantitative estimate of drug-likeness (QED) is 0.725. The summed E-state index contributed by atoms with van der Waals surface area (Å²) in [7, 11) is 2.14. The first-order valence-corrected chi connectivity index (χ1v) is 9.36. The minimum absolute atomic E-state index is 0.580. The van der Waals surface area contributed by atoms with Crippen LogP contribution < -0.4 is 10.2 Å². The van der Waals surface area contributed by atoms with Gasteiger partial charge in [0.1, 0.15) is 18.0 Å². The first-order valence-electron chi connectivity index (χ1n) is 9.36. The average molecular weight is 365 g/mol. The van der Waals surface area contributed by atoms with Gasteiger partial charge in [0.15, 0.2) is 11.5 Å². The van der Waals surface area contributed by atoms with Gasteiger partial charge in [-0.25, -0.2) is 9.97 Å². The maximum absolute atomic E-state index is 4.65. The summed E-state index contributed by atoms with van der Waals surface area (Å²) in [6, 6.07) is 3.99. The number of hydrogen-bond donors (Lipinski definition) is 1. The van der Waals surface area contributed by atoms with Gasteiger partial charge in [-0.3, -0.25) is 0 Å². The second-order valence-corrected chi connectivity index (χ2v) is 7.50. The first-order chi connectivity index (χ1) is 13.2. The number of nitrogens with one attached hydrogen (secondary N) is 1. The number of hydrogen-bond acceptors (Lipinski definition) is 8. The summed E-state index contributed by atoms with van der Waals surface area (Å²) in [5, 5.41) is 16.4. The van der Waals surface area contributed by atoms with Gasteiger partial charge < -0.3 is 15.1 Å². The third-order valence-corrected chi connectivity index (χ3v) is 5.44. The highest BCUT2D eigenvalue weighted by atomic mass is 15.4. The van der Waals surface area contributed by atoms with Crippen LogP contribution in [0, 0.1) is 12.8 Å². The van der Waals surface area contributed by atoms with E-state index in [1.165, 1.54) is 11.3 Å². The van der Waals surface area contributed by atoms with Crippen molar-refractivity contribution >= 4 is 17.3 Å². The monoisotopic (exact) mass is 365 g/mol. The van der Waals surface area contributed by atoms with Crippen LogP contribution in [0.15, 0.2) is 18.5 Å². The molecule has 0 aliphatic carbocycles. The molecule has 3 aromatic heterocycles. The number of aryl methyl sites for hydroxylation is 1. The van der Waals surface area contributed by atoms with E-state index in [-0.39, 0.29) is 0 Å². The highest BCUT2D eigenvalue weighted by Crippen LogP contribution is 2.25. The van der Waals surface area contributed by atoms with Gasteiger partial charge in [0.25, 0.3) is 0 Å². The molecule has 0 amide bonds. The fourth-order valence-corrected chi connectivity index (χ4v) is 3.81. The molecular formula is C18H23N9. The molecule has 2 aliphatic rings. The molecule has 0 saturated carbocycles. The van der Waals surface area contributed by atoms with E-state index in [0.717, 1.165) is 62.3 Å². The van der Waals surface area contributed by atoms with Crippen LogP contribution in [-0.2, 0) is 13.0 Å². The average Bonchev–Trinajstić information content (AvgIpc) is 3.01. The van der Waals surface area contributed by atoms with Gasteiger partial charge in [-0.1, -0.05) is 0 Å². The summed E-state index contributed by atoms with van der Waals surface area (Å²) in [4.78, 5) is 13.5. The number of fused-ring (bicyclic) bond motifs is 2. The van der Waals surface area contributed by atoms with Crippen LogP contribution in [0.3, 0.4) is 0 Å². The Morgan fingerprint density at radius 2 is 2.07 bits per heavy atom. The van der Waals surface area contributed by atoms with E-state index < -0.39 is 0 Å². The third-order valence-electron chi connectivity index (χ3n) is 5.44. The number of aromatic nitrogens is 6. The Kier molecular flexibility index (Phi) is 3.89. The zero-order valence-electron chi connectivity index (χ0n) is 15.6. The van der Waals surface area contributed by atoms with Gasteiger partial charge in [0, 0.05) is 50.6 Å². The van der Waals surface area contributed by atoms with Crippen LogP contribution in [0.2, 0.25) is 0 Å². The summed E-state index contributed by atoms with van der Waals surface area (Å²) in [5.74, 6) is 3.35. The fraction of sp³-hybridized carbons (Fsp3) is 0.500. The van der Waals surface area contributed by atoms with Crippen molar-refractivity contribution in [1.29, 1.82) is 0 Å². The standard InChI is InChI=1S/C18H23N9/c1-12-22-23-16-3-4-17(24-27(12)16)26-8-13(9-26)7-19-18-14-10-25(2)6-5-15(14)20-11-21-18/h3-4,11,13H,5-10H2,1-2H3,(H,19,20,21). The first kappa shape index (κ1) is 16.4. The molecular weight excluding hydrogens is 342 g/mol. The van der Waals surface area contributed by atoms with Gasteiger partial charge in [0.2, 0.25) is 0 Å². The van der Waals surface area contributed by atoms with Gasteiger partial charge in [-0.2, -0.15) is 4.52 Å². The summed E-state index contributed by atoms with van der Waals surface area (Å²) >= 11 is 0. The molecule has 0 spiro atoms. The molecule has 0 radical (unpaired) electrons. The summed E-state index contributed by atoms with van der Waals surface area (Å²) in [6.45, 7) is 6.78. The molecule has 5 heterocycles. The second-order valence-electron chi connectivity index (χ2n) is 7.50. The molecule has 27 heavy (non-hydrogen) atoms. The highest BCUT2D eigenvalue weighted by molar-refractivity contribution is 5.49. The molecule has 3 aromatic rings. The SMILES string of the molecule is Cc1nnc2ccc(N3CC(CNc4ncnc5c4CN(C)CC5)C3)nn12. The molecule has 9 heteroatoms. The van der Waals surface area contributed by atoms with E-state index in [9.17, 15) is 0 Å². The van der Waals surface area contributed by atoms with Crippen LogP contribution in [0.5, 0.6) is 0 Å². The normalized spacial score (nSPS) is 17.8. The second kappa shape index (κ2) is 6.41. The molecule has 0 aromatic carbocycles. The number of rotatable bonds is 4. The minimum atomic E-state index is 0.580.